The second-order valence-corrected chi connectivity index (χ2v) is 6.56. The van der Waals surface area contributed by atoms with Gasteiger partial charge in [0.2, 0.25) is 10.0 Å². The molecule has 0 radical (unpaired) electrons. The molecule has 1 aliphatic rings. The summed E-state index contributed by atoms with van der Waals surface area (Å²) >= 11 is 5.74. The van der Waals surface area contributed by atoms with Gasteiger partial charge in [-0.05, 0) is 37.1 Å². The van der Waals surface area contributed by atoms with Gasteiger partial charge in [-0.1, -0.05) is 30.9 Å². The van der Waals surface area contributed by atoms with Crippen LogP contribution in [0.2, 0.25) is 5.02 Å². The minimum atomic E-state index is -3.39. The Bertz CT molecular complexity index is 464. The fourth-order valence-corrected chi connectivity index (χ4v) is 3.55. The number of nitrogens with one attached hydrogen (secondary N) is 1. The van der Waals surface area contributed by atoms with Gasteiger partial charge in [0.15, 0.2) is 0 Å². The molecule has 0 unspecified atom stereocenters. The molecule has 0 bridgehead atoms. The lowest BCUT2D eigenvalue weighted by atomic mass is 9.96. The van der Waals surface area contributed by atoms with Crippen LogP contribution in [-0.4, -0.2) is 14.5 Å². The van der Waals surface area contributed by atoms with Gasteiger partial charge in [0.05, 0.1) is 4.90 Å². The maximum Gasteiger partial charge on any atom is 0.240 e. The molecule has 0 atom stereocenters. The lowest BCUT2D eigenvalue weighted by Crippen LogP contribution is -2.36. The number of hydrogen-bond acceptors (Lipinski definition) is 2. The van der Waals surface area contributed by atoms with Crippen molar-refractivity contribution in [2.75, 3.05) is 0 Å². The van der Waals surface area contributed by atoms with Crippen molar-refractivity contribution in [2.24, 2.45) is 0 Å². The molecule has 0 aromatic heterocycles. The predicted octanol–water partition coefficient (Wildman–Crippen LogP) is 2.95. The minimum Gasteiger partial charge on any atom is -0.208 e. The summed E-state index contributed by atoms with van der Waals surface area (Å²) < 4.78 is 26.9. The van der Waals surface area contributed by atoms with Crippen molar-refractivity contribution >= 4 is 21.6 Å². The molecule has 0 amide bonds. The molecule has 1 aliphatic carbocycles. The van der Waals surface area contributed by atoms with Crippen LogP contribution in [-0.2, 0) is 10.0 Å². The van der Waals surface area contributed by atoms with Gasteiger partial charge in [-0.3, -0.25) is 0 Å². The maximum atomic E-state index is 12.1. The molecular formula is C12H16ClNO2S. The molecular weight excluding hydrogens is 258 g/mol. The summed E-state index contributed by atoms with van der Waals surface area (Å²) in [6.07, 6.45) is 5.29. The van der Waals surface area contributed by atoms with Crippen LogP contribution in [0.4, 0.5) is 0 Å². The van der Waals surface area contributed by atoms with Crippen LogP contribution in [0.5, 0.6) is 0 Å². The molecule has 2 rings (SSSR count). The highest BCUT2D eigenvalue weighted by molar-refractivity contribution is 7.89. The van der Waals surface area contributed by atoms with Crippen LogP contribution in [0.25, 0.3) is 0 Å². The highest BCUT2D eigenvalue weighted by Gasteiger charge is 2.21. The van der Waals surface area contributed by atoms with Gasteiger partial charge >= 0.3 is 0 Å². The van der Waals surface area contributed by atoms with Crippen molar-refractivity contribution in [1.29, 1.82) is 0 Å². The second-order valence-electron chi connectivity index (χ2n) is 4.41. The largest absolute Gasteiger partial charge is 0.240 e. The standard InChI is InChI=1S/C12H16ClNO2S/c13-10-6-8-12(9-7-10)17(15,16)14-11-4-2-1-3-5-11/h6-9,11,14H,1-5H2. The summed E-state index contributed by atoms with van der Waals surface area (Å²) in [5.41, 5.74) is 0. The van der Waals surface area contributed by atoms with Crippen molar-refractivity contribution < 1.29 is 8.42 Å². The Morgan fingerprint density at radius 3 is 2.24 bits per heavy atom. The maximum absolute atomic E-state index is 12.1. The van der Waals surface area contributed by atoms with E-state index in [0.717, 1.165) is 25.7 Å². The van der Waals surface area contributed by atoms with Gasteiger partial charge < -0.3 is 0 Å². The van der Waals surface area contributed by atoms with E-state index < -0.39 is 10.0 Å². The third-order valence-corrected chi connectivity index (χ3v) is 4.84. The van der Waals surface area contributed by atoms with Crippen molar-refractivity contribution in [3.8, 4) is 0 Å². The Kier molecular flexibility index (Phi) is 4.07. The van der Waals surface area contributed by atoms with E-state index in [4.69, 9.17) is 11.6 Å². The van der Waals surface area contributed by atoms with Gasteiger partial charge in [-0.25, -0.2) is 13.1 Å². The quantitative estimate of drug-likeness (QED) is 0.920. The molecule has 3 nitrogen and oxygen atoms in total. The smallest absolute Gasteiger partial charge is 0.208 e. The highest BCUT2D eigenvalue weighted by Crippen LogP contribution is 2.20. The lowest BCUT2D eigenvalue weighted by molar-refractivity contribution is 0.412. The molecule has 5 heteroatoms. The SMILES string of the molecule is O=S(=O)(NC1CCCCC1)c1ccc(Cl)cc1. The molecule has 94 valence electrons. The summed E-state index contributed by atoms with van der Waals surface area (Å²) in [7, 11) is -3.39. The van der Waals surface area contributed by atoms with Crippen molar-refractivity contribution in [3.63, 3.8) is 0 Å². The fraction of sp³-hybridized carbons (Fsp3) is 0.500. The summed E-state index contributed by atoms with van der Waals surface area (Å²) in [6.45, 7) is 0. The average molecular weight is 274 g/mol. The molecule has 0 spiro atoms. The van der Waals surface area contributed by atoms with E-state index in [1.165, 1.54) is 18.6 Å². The summed E-state index contributed by atoms with van der Waals surface area (Å²) in [6, 6.07) is 6.35. The topological polar surface area (TPSA) is 46.2 Å². The second kappa shape index (κ2) is 5.38. The number of benzene rings is 1. The van der Waals surface area contributed by atoms with E-state index >= 15 is 0 Å². The molecule has 17 heavy (non-hydrogen) atoms. The van der Waals surface area contributed by atoms with Crippen molar-refractivity contribution in [1.82, 2.24) is 4.72 Å². The van der Waals surface area contributed by atoms with Crippen LogP contribution in [0.1, 0.15) is 32.1 Å². The summed E-state index contributed by atoms with van der Waals surface area (Å²) in [5, 5.41) is 0.543. The average Bonchev–Trinajstić information content (AvgIpc) is 2.30. The normalized spacial score (nSPS) is 18.2. The molecule has 1 N–H and O–H groups in total. The van der Waals surface area contributed by atoms with E-state index in [2.05, 4.69) is 4.72 Å². The number of sulfonamides is 1. The van der Waals surface area contributed by atoms with Gasteiger partial charge in [-0.2, -0.15) is 0 Å². The van der Waals surface area contributed by atoms with E-state index in [1.54, 1.807) is 12.1 Å². The lowest BCUT2D eigenvalue weighted by Gasteiger charge is -2.22. The Morgan fingerprint density at radius 1 is 1.06 bits per heavy atom. The van der Waals surface area contributed by atoms with Crippen LogP contribution in [0, 0.1) is 0 Å². The molecule has 1 aromatic rings. The van der Waals surface area contributed by atoms with Crippen molar-refractivity contribution in [3.05, 3.63) is 29.3 Å². The first kappa shape index (κ1) is 12.9. The Hall–Kier alpha value is -0.580. The van der Waals surface area contributed by atoms with Crippen LogP contribution in [0.15, 0.2) is 29.2 Å². The van der Waals surface area contributed by atoms with Crippen LogP contribution < -0.4 is 4.72 Å². The third kappa shape index (κ3) is 3.44. The molecule has 1 aromatic carbocycles. The van der Waals surface area contributed by atoms with Crippen molar-refractivity contribution in [2.45, 2.75) is 43.0 Å². The first-order chi connectivity index (χ1) is 8.08. The van der Waals surface area contributed by atoms with Gasteiger partial charge in [0.1, 0.15) is 0 Å². The van der Waals surface area contributed by atoms with E-state index in [0.29, 0.717) is 5.02 Å². The zero-order valence-corrected chi connectivity index (χ0v) is 11.1. The summed E-state index contributed by atoms with van der Waals surface area (Å²) in [4.78, 5) is 0.285. The molecule has 0 saturated heterocycles. The third-order valence-electron chi connectivity index (χ3n) is 3.05. The highest BCUT2D eigenvalue weighted by atomic mass is 35.5. The Balaban J connectivity index is 2.10. The Morgan fingerprint density at radius 2 is 1.65 bits per heavy atom. The zero-order valence-electron chi connectivity index (χ0n) is 9.52. The Labute approximate surface area is 107 Å². The first-order valence-electron chi connectivity index (χ1n) is 5.86. The van der Waals surface area contributed by atoms with Gasteiger partial charge in [0, 0.05) is 11.1 Å². The monoisotopic (exact) mass is 273 g/mol. The van der Waals surface area contributed by atoms with Gasteiger partial charge in [0.25, 0.3) is 0 Å². The fourth-order valence-electron chi connectivity index (χ4n) is 2.12. The van der Waals surface area contributed by atoms with E-state index in [1.807, 2.05) is 0 Å². The summed E-state index contributed by atoms with van der Waals surface area (Å²) in [5.74, 6) is 0. The molecule has 1 fully saturated rings. The predicted molar refractivity (Wildman–Crippen MR) is 68.6 cm³/mol. The van der Waals surface area contributed by atoms with E-state index in [9.17, 15) is 8.42 Å². The molecule has 1 saturated carbocycles. The molecule has 0 heterocycles. The van der Waals surface area contributed by atoms with E-state index in [-0.39, 0.29) is 10.9 Å². The molecule has 0 aliphatic heterocycles. The van der Waals surface area contributed by atoms with Crippen LogP contribution in [0.3, 0.4) is 0 Å². The zero-order chi connectivity index (χ0) is 12.3. The minimum absolute atomic E-state index is 0.0874. The number of rotatable bonds is 3. The van der Waals surface area contributed by atoms with Crippen LogP contribution >= 0.6 is 11.6 Å². The van der Waals surface area contributed by atoms with Gasteiger partial charge in [-0.15, -0.1) is 0 Å². The number of hydrogen-bond donors (Lipinski definition) is 1. The first-order valence-corrected chi connectivity index (χ1v) is 7.72. The number of halogens is 1.